The van der Waals surface area contributed by atoms with E-state index in [0.29, 0.717) is 0 Å². The summed E-state index contributed by atoms with van der Waals surface area (Å²) in [7, 11) is 1.34. The molecule has 4 nitrogen and oxygen atoms in total. The van der Waals surface area contributed by atoms with Gasteiger partial charge in [-0.3, -0.25) is 9.59 Å². The summed E-state index contributed by atoms with van der Waals surface area (Å²) in [4.78, 5) is 22.5. The van der Waals surface area contributed by atoms with Gasteiger partial charge in [0.2, 0.25) is 5.91 Å². The van der Waals surface area contributed by atoms with Crippen molar-refractivity contribution >= 4 is 11.9 Å². The Morgan fingerprint density at radius 2 is 1.84 bits per heavy atom. The number of amides is 1. The lowest BCUT2D eigenvalue weighted by molar-refractivity contribution is -0.139. The lowest BCUT2D eigenvalue weighted by Gasteiger charge is -2.13. The van der Waals surface area contributed by atoms with E-state index >= 15 is 0 Å². The Labute approximate surface area is 113 Å². The molecule has 1 rings (SSSR count). The summed E-state index contributed by atoms with van der Waals surface area (Å²) >= 11 is 0. The van der Waals surface area contributed by atoms with E-state index in [-0.39, 0.29) is 30.8 Å². The summed E-state index contributed by atoms with van der Waals surface area (Å²) in [5.74, 6) is -0.383. The first-order chi connectivity index (χ1) is 9.13. The average molecular weight is 261 g/mol. The quantitative estimate of drug-likeness (QED) is 0.632. The van der Waals surface area contributed by atoms with Gasteiger partial charge >= 0.3 is 5.97 Å². The van der Waals surface area contributed by atoms with Crippen LogP contribution < -0.4 is 5.32 Å². The Morgan fingerprint density at radius 1 is 1.21 bits per heavy atom. The lowest BCUT2D eigenvalue weighted by atomic mass is 10.1. The first-order valence-corrected chi connectivity index (χ1v) is 6.19. The van der Waals surface area contributed by atoms with Crippen LogP contribution >= 0.6 is 0 Å². The largest absolute Gasteiger partial charge is 0.469 e. The molecule has 1 aromatic rings. The molecular formula is C15H19NO3. The van der Waals surface area contributed by atoms with E-state index in [0.717, 1.165) is 5.56 Å². The van der Waals surface area contributed by atoms with Crippen molar-refractivity contribution < 1.29 is 14.3 Å². The lowest BCUT2D eigenvalue weighted by Crippen LogP contribution is -2.25. The van der Waals surface area contributed by atoms with Gasteiger partial charge in [0, 0.05) is 6.42 Å². The molecule has 1 amide bonds. The van der Waals surface area contributed by atoms with Crippen molar-refractivity contribution in [3.63, 3.8) is 0 Å². The molecule has 0 spiro atoms. The fourth-order valence-corrected chi connectivity index (χ4v) is 1.58. The van der Waals surface area contributed by atoms with Crippen LogP contribution in [0, 0.1) is 0 Å². The minimum Gasteiger partial charge on any atom is -0.469 e. The van der Waals surface area contributed by atoms with Gasteiger partial charge in [-0.2, -0.15) is 0 Å². The van der Waals surface area contributed by atoms with E-state index in [2.05, 4.69) is 10.1 Å². The van der Waals surface area contributed by atoms with Crippen LogP contribution in [0.5, 0.6) is 0 Å². The van der Waals surface area contributed by atoms with E-state index in [1.165, 1.54) is 7.11 Å². The summed E-state index contributed by atoms with van der Waals surface area (Å²) in [6.07, 6.45) is 3.76. The maximum Gasteiger partial charge on any atom is 0.309 e. The number of hydrogen-bond donors (Lipinski definition) is 1. The van der Waals surface area contributed by atoms with Crippen LogP contribution in [0.25, 0.3) is 0 Å². The predicted molar refractivity (Wildman–Crippen MR) is 73.4 cm³/mol. The minimum atomic E-state index is -0.311. The molecule has 1 unspecified atom stereocenters. The third-order valence-electron chi connectivity index (χ3n) is 2.66. The summed E-state index contributed by atoms with van der Waals surface area (Å²) in [6.45, 7) is 1.94. The van der Waals surface area contributed by atoms with Gasteiger partial charge in [0.25, 0.3) is 0 Å². The smallest absolute Gasteiger partial charge is 0.309 e. The Balaban J connectivity index is 2.33. The molecule has 102 valence electrons. The zero-order valence-corrected chi connectivity index (χ0v) is 11.3. The zero-order chi connectivity index (χ0) is 14.1. The molecule has 4 heteroatoms. The molecular weight excluding hydrogens is 242 g/mol. The second-order valence-electron chi connectivity index (χ2n) is 4.16. The highest BCUT2D eigenvalue weighted by Crippen LogP contribution is 2.11. The van der Waals surface area contributed by atoms with Crippen LogP contribution in [0.1, 0.15) is 31.4 Å². The molecule has 0 saturated carbocycles. The maximum atomic E-state index is 11.7. The third kappa shape index (κ3) is 5.86. The summed E-state index contributed by atoms with van der Waals surface area (Å²) in [6, 6.07) is 9.73. The topological polar surface area (TPSA) is 55.4 Å². The van der Waals surface area contributed by atoms with Gasteiger partial charge in [-0.25, -0.2) is 0 Å². The van der Waals surface area contributed by atoms with Crippen molar-refractivity contribution in [2.75, 3.05) is 7.11 Å². The van der Waals surface area contributed by atoms with E-state index < -0.39 is 0 Å². The van der Waals surface area contributed by atoms with Crippen LogP contribution in [0.4, 0.5) is 0 Å². The third-order valence-corrected chi connectivity index (χ3v) is 2.66. The van der Waals surface area contributed by atoms with Gasteiger partial charge in [-0.15, -0.1) is 0 Å². The molecule has 0 fully saturated rings. The van der Waals surface area contributed by atoms with Gasteiger partial charge in [0.05, 0.1) is 19.6 Å². The van der Waals surface area contributed by atoms with E-state index in [4.69, 9.17) is 0 Å². The van der Waals surface area contributed by atoms with Gasteiger partial charge in [-0.05, 0) is 12.5 Å². The minimum absolute atomic E-state index is 0.0253. The number of carbonyl (C=O) groups is 2. The van der Waals surface area contributed by atoms with Crippen molar-refractivity contribution in [2.24, 2.45) is 0 Å². The van der Waals surface area contributed by atoms with Gasteiger partial charge < -0.3 is 10.1 Å². The zero-order valence-electron chi connectivity index (χ0n) is 11.3. The molecule has 1 N–H and O–H groups in total. The van der Waals surface area contributed by atoms with Crippen molar-refractivity contribution in [2.45, 2.75) is 25.8 Å². The van der Waals surface area contributed by atoms with Crippen molar-refractivity contribution in [3.05, 3.63) is 48.0 Å². The van der Waals surface area contributed by atoms with Crippen molar-refractivity contribution in [1.29, 1.82) is 0 Å². The SMILES string of the molecule is COC(=O)CC=CCC(=O)NC(C)c1ccccc1. The second kappa shape index (κ2) is 8.08. The molecule has 1 aromatic carbocycles. The fourth-order valence-electron chi connectivity index (χ4n) is 1.58. The first kappa shape index (κ1) is 15.0. The monoisotopic (exact) mass is 261 g/mol. The molecule has 0 aliphatic rings. The van der Waals surface area contributed by atoms with E-state index in [9.17, 15) is 9.59 Å². The fraction of sp³-hybridized carbons (Fsp3) is 0.333. The highest BCUT2D eigenvalue weighted by atomic mass is 16.5. The number of benzene rings is 1. The molecule has 0 aliphatic heterocycles. The standard InChI is InChI=1S/C15H19NO3/c1-12(13-8-4-3-5-9-13)16-14(17)10-6-7-11-15(18)19-2/h3-9,12H,10-11H2,1-2H3,(H,16,17). The van der Waals surface area contributed by atoms with Gasteiger partial charge in [0.15, 0.2) is 0 Å². The Morgan fingerprint density at radius 3 is 2.47 bits per heavy atom. The highest BCUT2D eigenvalue weighted by molar-refractivity contribution is 5.78. The van der Waals surface area contributed by atoms with E-state index in [1.807, 2.05) is 37.3 Å². The summed E-state index contributed by atoms with van der Waals surface area (Å²) < 4.78 is 4.49. The predicted octanol–water partition coefficient (Wildman–Crippen LogP) is 2.37. The van der Waals surface area contributed by atoms with Gasteiger partial charge in [-0.1, -0.05) is 42.5 Å². The molecule has 0 bridgehead atoms. The summed E-state index contributed by atoms with van der Waals surface area (Å²) in [5.41, 5.74) is 1.06. The van der Waals surface area contributed by atoms with Crippen LogP contribution in [0.2, 0.25) is 0 Å². The van der Waals surface area contributed by atoms with Crippen molar-refractivity contribution in [3.8, 4) is 0 Å². The van der Waals surface area contributed by atoms with Crippen LogP contribution in [0.15, 0.2) is 42.5 Å². The normalized spacial score (nSPS) is 12.1. The molecule has 0 aliphatic carbocycles. The molecule has 1 atom stereocenters. The number of hydrogen-bond acceptors (Lipinski definition) is 3. The molecule has 0 saturated heterocycles. The summed E-state index contributed by atoms with van der Waals surface area (Å²) in [5, 5.41) is 2.89. The number of esters is 1. The number of methoxy groups -OCH3 is 1. The van der Waals surface area contributed by atoms with Crippen LogP contribution in [-0.2, 0) is 14.3 Å². The number of rotatable bonds is 6. The second-order valence-corrected chi connectivity index (χ2v) is 4.16. The number of nitrogens with one attached hydrogen (secondary N) is 1. The molecule has 0 radical (unpaired) electrons. The number of ether oxygens (including phenoxy) is 1. The first-order valence-electron chi connectivity index (χ1n) is 6.19. The Bertz CT molecular complexity index is 440. The molecule has 0 aromatic heterocycles. The van der Waals surface area contributed by atoms with Crippen molar-refractivity contribution in [1.82, 2.24) is 5.32 Å². The number of carbonyl (C=O) groups excluding carboxylic acids is 2. The highest BCUT2D eigenvalue weighted by Gasteiger charge is 2.07. The Hall–Kier alpha value is -2.10. The maximum absolute atomic E-state index is 11.7. The van der Waals surface area contributed by atoms with Crippen LogP contribution in [0.3, 0.4) is 0 Å². The average Bonchev–Trinajstić information content (AvgIpc) is 2.44. The van der Waals surface area contributed by atoms with E-state index in [1.54, 1.807) is 12.2 Å². The Kier molecular flexibility index (Phi) is 6.36. The van der Waals surface area contributed by atoms with Gasteiger partial charge in [0.1, 0.15) is 0 Å². The molecule has 19 heavy (non-hydrogen) atoms. The molecule has 0 heterocycles. The van der Waals surface area contributed by atoms with Crippen LogP contribution in [-0.4, -0.2) is 19.0 Å².